The minimum absolute atomic E-state index is 0.0256. The van der Waals surface area contributed by atoms with Gasteiger partial charge in [-0.3, -0.25) is 4.90 Å². The van der Waals surface area contributed by atoms with Crippen LogP contribution in [0, 0.1) is 24.0 Å². The number of benzene rings is 2. The van der Waals surface area contributed by atoms with Gasteiger partial charge in [-0.05, 0) is 70.4 Å². The largest absolute Gasteiger partial charge is 0.474 e. The van der Waals surface area contributed by atoms with Crippen molar-refractivity contribution in [1.82, 2.24) is 25.2 Å². The van der Waals surface area contributed by atoms with E-state index in [2.05, 4.69) is 21.0 Å². The SMILES string of the molecule is C#Cc1c(F)ccc2cccc(-c3nc(OC(C)C)c4c(N5CC6CCC(C5)N6)nc(OC[C@]56CCCN5[C@@H](CO)CC6)nc4c3F)c12. The van der Waals surface area contributed by atoms with Crippen molar-refractivity contribution < 1.29 is 23.4 Å². The number of aliphatic hydroxyl groups excluding tert-OH is 1. The number of pyridine rings is 1. The van der Waals surface area contributed by atoms with Gasteiger partial charge in [0.25, 0.3) is 0 Å². The van der Waals surface area contributed by atoms with Gasteiger partial charge >= 0.3 is 6.01 Å². The van der Waals surface area contributed by atoms with Gasteiger partial charge < -0.3 is 24.8 Å². The average Bonchev–Trinajstić information content (AvgIpc) is 3.76. The smallest absolute Gasteiger partial charge is 0.319 e. The quantitative estimate of drug-likeness (QED) is 0.249. The Morgan fingerprint density at radius 2 is 1.88 bits per heavy atom. The van der Waals surface area contributed by atoms with E-state index < -0.39 is 11.6 Å². The second-order valence-corrected chi connectivity index (χ2v) is 14.0. The summed E-state index contributed by atoms with van der Waals surface area (Å²) in [6, 6.07) is 8.99. The van der Waals surface area contributed by atoms with Crippen LogP contribution in [0.4, 0.5) is 14.6 Å². The Morgan fingerprint density at radius 3 is 2.62 bits per heavy atom. The van der Waals surface area contributed by atoms with Gasteiger partial charge in [0.2, 0.25) is 5.88 Å². The third-order valence-electron chi connectivity index (χ3n) is 10.7. The van der Waals surface area contributed by atoms with Gasteiger partial charge in [-0.2, -0.15) is 9.97 Å². The first-order chi connectivity index (χ1) is 23.3. The highest BCUT2D eigenvalue weighted by atomic mass is 19.1. The number of piperazine rings is 1. The summed E-state index contributed by atoms with van der Waals surface area (Å²) in [5.41, 5.74) is 0.156. The molecule has 9 nitrogen and oxygen atoms in total. The van der Waals surface area contributed by atoms with Crippen molar-refractivity contribution in [3.05, 3.63) is 47.5 Å². The van der Waals surface area contributed by atoms with Crippen LogP contribution in [0.15, 0.2) is 30.3 Å². The number of ether oxygens (including phenoxy) is 2. The first-order valence-electron chi connectivity index (χ1n) is 17.1. The van der Waals surface area contributed by atoms with Gasteiger partial charge in [0.15, 0.2) is 5.82 Å². The first kappa shape index (κ1) is 31.2. The van der Waals surface area contributed by atoms with E-state index in [4.69, 9.17) is 30.8 Å². The van der Waals surface area contributed by atoms with Crippen molar-refractivity contribution in [3.63, 3.8) is 0 Å². The number of aliphatic hydroxyl groups is 1. The average molecular weight is 655 g/mol. The number of anilines is 1. The first-order valence-corrected chi connectivity index (χ1v) is 17.1. The highest BCUT2D eigenvalue weighted by Crippen LogP contribution is 2.44. The van der Waals surface area contributed by atoms with Crippen molar-refractivity contribution in [3.8, 4) is 35.5 Å². The van der Waals surface area contributed by atoms with Crippen LogP contribution in [0.5, 0.6) is 11.9 Å². The summed E-state index contributed by atoms with van der Waals surface area (Å²) in [7, 11) is 0. The third kappa shape index (κ3) is 5.13. The fraction of sp³-hybridized carbons (Fsp3) is 0.486. The van der Waals surface area contributed by atoms with Crippen LogP contribution in [0.3, 0.4) is 0 Å². The lowest BCUT2D eigenvalue weighted by molar-refractivity contribution is 0.0644. The number of nitrogens with zero attached hydrogens (tertiary/aromatic N) is 5. The maximum absolute atomic E-state index is 17.2. The fourth-order valence-corrected chi connectivity index (χ4v) is 8.55. The Kier molecular flexibility index (Phi) is 7.85. The number of halogens is 2. The third-order valence-corrected chi connectivity index (χ3v) is 10.7. The Morgan fingerprint density at radius 1 is 1.06 bits per heavy atom. The van der Waals surface area contributed by atoms with Crippen LogP contribution in [0.25, 0.3) is 32.9 Å². The molecule has 0 spiro atoms. The van der Waals surface area contributed by atoms with Crippen LogP contribution in [-0.4, -0.2) is 87.6 Å². The minimum Gasteiger partial charge on any atom is -0.474 e. The van der Waals surface area contributed by atoms with Crippen LogP contribution >= 0.6 is 0 Å². The summed E-state index contributed by atoms with van der Waals surface area (Å²) < 4.78 is 45.0. The molecule has 4 aliphatic rings. The molecule has 4 saturated heterocycles. The number of rotatable bonds is 8. The van der Waals surface area contributed by atoms with Crippen LogP contribution in [0.2, 0.25) is 0 Å². The molecular formula is C37H40F2N6O3. The number of hydrogen-bond donors (Lipinski definition) is 2. The lowest BCUT2D eigenvalue weighted by Gasteiger charge is -2.35. The van der Waals surface area contributed by atoms with Crippen molar-refractivity contribution in [1.29, 1.82) is 0 Å². The molecule has 2 aromatic heterocycles. The summed E-state index contributed by atoms with van der Waals surface area (Å²) in [4.78, 5) is 19.0. The number of nitrogens with one attached hydrogen (secondary N) is 1. The van der Waals surface area contributed by atoms with Crippen molar-refractivity contribution in [2.24, 2.45) is 0 Å². The molecule has 250 valence electrons. The van der Waals surface area contributed by atoms with E-state index in [0.717, 1.165) is 45.1 Å². The van der Waals surface area contributed by atoms with Gasteiger partial charge in [-0.25, -0.2) is 13.8 Å². The summed E-state index contributed by atoms with van der Waals surface area (Å²) >= 11 is 0. The molecule has 0 radical (unpaired) electrons. The molecule has 2 unspecified atom stereocenters. The number of aromatic nitrogens is 3. The van der Waals surface area contributed by atoms with Crippen LogP contribution < -0.4 is 19.7 Å². The Bertz CT molecular complexity index is 1940. The highest BCUT2D eigenvalue weighted by Gasteiger charge is 2.49. The summed E-state index contributed by atoms with van der Waals surface area (Å²) in [5.74, 6) is 1.93. The molecule has 2 bridgehead atoms. The van der Waals surface area contributed by atoms with E-state index >= 15 is 8.78 Å². The molecule has 48 heavy (non-hydrogen) atoms. The summed E-state index contributed by atoms with van der Waals surface area (Å²) in [6.45, 7) is 6.52. The van der Waals surface area contributed by atoms with E-state index in [1.807, 2.05) is 19.9 Å². The topological polar surface area (TPSA) is 95.9 Å². The molecule has 0 aliphatic carbocycles. The van der Waals surface area contributed by atoms with Crippen molar-refractivity contribution in [2.45, 2.75) is 82.1 Å². The van der Waals surface area contributed by atoms with Gasteiger partial charge in [0.05, 0.1) is 23.8 Å². The minimum atomic E-state index is -0.686. The normalized spacial score (nSPS) is 25.3. The molecule has 4 atom stereocenters. The number of fused-ring (bicyclic) bond motifs is 5. The fourth-order valence-electron chi connectivity index (χ4n) is 8.55. The second-order valence-electron chi connectivity index (χ2n) is 14.0. The molecule has 6 heterocycles. The van der Waals surface area contributed by atoms with E-state index in [0.29, 0.717) is 47.2 Å². The zero-order valence-corrected chi connectivity index (χ0v) is 27.3. The Hall–Kier alpha value is -4.11. The van der Waals surface area contributed by atoms with E-state index in [1.165, 1.54) is 6.07 Å². The van der Waals surface area contributed by atoms with E-state index in [9.17, 15) is 5.11 Å². The lowest BCUT2D eigenvalue weighted by atomic mass is 9.95. The highest BCUT2D eigenvalue weighted by molar-refractivity contribution is 6.03. The van der Waals surface area contributed by atoms with Crippen LogP contribution in [-0.2, 0) is 0 Å². The maximum Gasteiger partial charge on any atom is 0.319 e. The Labute approximate surface area is 278 Å². The zero-order valence-electron chi connectivity index (χ0n) is 27.3. The second kappa shape index (κ2) is 12.1. The molecule has 4 aliphatic heterocycles. The standard InChI is InChI=1S/C37H40F2N6O3/c1-4-26-28(38)12-9-22-7-5-8-27(29(22)26)32-31(39)33-30(35(41-32)48-21(2)3)34(44-17-23-10-11-24(18-44)40-23)43-36(42-33)47-20-37-14-6-16-45(37)25(19-46)13-15-37/h1,5,7-9,12,21,23-25,40,46H,6,10-11,13-20H2,2-3H3/t23?,24?,25-,37-/m1/s1. The molecule has 0 amide bonds. The monoisotopic (exact) mass is 654 g/mol. The molecule has 4 fully saturated rings. The van der Waals surface area contributed by atoms with E-state index in [1.54, 1.807) is 18.2 Å². The molecule has 11 heteroatoms. The molecule has 2 aromatic carbocycles. The maximum atomic E-state index is 17.2. The predicted molar refractivity (Wildman–Crippen MR) is 180 cm³/mol. The molecule has 2 N–H and O–H groups in total. The lowest BCUT2D eigenvalue weighted by Crippen LogP contribution is -2.51. The summed E-state index contributed by atoms with van der Waals surface area (Å²) in [5, 5.41) is 15.1. The number of terminal acetylenes is 1. The summed E-state index contributed by atoms with van der Waals surface area (Å²) in [6.07, 6.45) is 11.4. The molecule has 0 saturated carbocycles. The van der Waals surface area contributed by atoms with Gasteiger partial charge in [0.1, 0.15) is 34.8 Å². The number of hydrogen-bond acceptors (Lipinski definition) is 9. The predicted octanol–water partition coefficient (Wildman–Crippen LogP) is 5.20. The Balaban J connectivity index is 1.32. The van der Waals surface area contributed by atoms with Crippen LogP contribution in [0.1, 0.15) is 57.9 Å². The van der Waals surface area contributed by atoms with E-state index in [-0.39, 0.29) is 65.0 Å². The molecular weight excluding hydrogens is 614 g/mol. The molecule has 8 rings (SSSR count). The van der Waals surface area contributed by atoms with Gasteiger partial charge in [0, 0.05) is 42.2 Å². The molecule has 4 aromatic rings. The zero-order chi connectivity index (χ0) is 33.2. The van der Waals surface area contributed by atoms with Crippen molar-refractivity contribution >= 4 is 27.5 Å². The van der Waals surface area contributed by atoms with Crippen molar-refractivity contribution in [2.75, 3.05) is 37.7 Å². The van der Waals surface area contributed by atoms with Gasteiger partial charge in [-0.15, -0.1) is 6.42 Å². The van der Waals surface area contributed by atoms with Gasteiger partial charge in [-0.1, -0.05) is 30.2 Å².